The Morgan fingerprint density at radius 3 is 1.24 bits per heavy atom. The number of hydrogen-bond donors (Lipinski definition) is 2. The molecule has 0 aliphatic carbocycles. The van der Waals surface area contributed by atoms with E-state index in [9.17, 15) is 10.2 Å². The Morgan fingerprint density at radius 1 is 0.647 bits per heavy atom. The van der Waals surface area contributed by atoms with E-state index in [2.05, 4.69) is 13.8 Å². The van der Waals surface area contributed by atoms with Crippen LogP contribution >= 0.6 is 0 Å². The van der Waals surface area contributed by atoms with Crippen molar-refractivity contribution in [1.29, 1.82) is 0 Å². The van der Waals surface area contributed by atoms with Crippen molar-refractivity contribution in [1.82, 2.24) is 0 Å². The number of benzene rings is 2. The second-order valence-corrected chi connectivity index (χ2v) is 4.72. The third-order valence-corrected chi connectivity index (χ3v) is 3.18. The summed E-state index contributed by atoms with van der Waals surface area (Å²) < 4.78 is 0. The van der Waals surface area contributed by atoms with Gasteiger partial charge in [0.1, 0.15) is 11.5 Å². The molecule has 2 aromatic carbocycles. The lowest BCUT2D eigenvalue weighted by Gasteiger charge is -2.26. The molecule has 0 aliphatic heterocycles. The van der Waals surface area contributed by atoms with Crippen molar-refractivity contribution in [3.8, 4) is 11.5 Å². The first-order valence-corrected chi connectivity index (χ1v) is 5.59. The minimum atomic E-state index is -0.151. The van der Waals surface area contributed by atoms with Gasteiger partial charge in [-0.2, -0.15) is 0 Å². The second-order valence-electron chi connectivity index (χ2n) is 4.72. The second kappa shape index (κ2) is 4.13. The predicted molar refractivity (Wildman–Crippen MR) is 68.3 cm³/mol. The van der Waals surface area contributed by atoms with Crippen LogP contribution in [0.5, 0.6) is 11.5 Å². The summed E-state index contributed by atoms with van der Waals surface area (Å²) in [5.41, 5.74) is 2.10. The summed E-state index contributed by atoms with van der Waals surface area (Å²) in [4.78, 5) is 0. The number of rotatable bonds is 2. The van der Waals surface area contributed by atoms with Crippen molar-refractivity contribution in [3.63, 3.8) is 0 Å². The van der Waals surface area contributed by atoms with Gasteiger partial charge in [-0.05, 0) is 35.4 Å². The highest BCUT2D eigenvalue weighted by molar-refractivity contribution is 5.41. The molecule has 0 atom stereocenters. The Bertz CT molecular complexity index is 448. The third kappa shape index (κ3) is 2.26. The van der Waals surface area contributed by atoms with Gasteiger partial charge in [-0.1, -0.05) is 38.1 Å². The highest BCUT2D eigenvalue weighted by atomic mass is 16.3. The lowest BCUT2D eigenvalue weighted by molar-refractivity contribution is 0.474. The number of phenolic OH excluding ortho intramolecular Hbond substituents is 2. The van der Waals surface area contributed by atoms with Crippen LogP contribution in [0.15, 0.2) is 48.5 Å². The van der Waals surface area contributed by atoms with E-state index in [1.807, 2.05) is 24.3 Å². The van der Waals surface area contributed by atoms with Crippen LogP contribution in [0, 0.1) is 0 Å². The summed E-state index contributed by atoms with van der Waals surface area (Å²) in [6.07, 6.45) is 0. The maximum atomic E-state index is 9.30. The van der Waals surface area contributed by atoms with Gasteiger partial charge in [0.2, 0.25) is 0 Å². The van der Waals surface area contributed by atoms with Crippen LogP contribution in [-0.4, -0.2) is 10.2 Å². The van der Waals surface area contributed by atoms with E-state index in [0.29, 0.717) is 0 Å². The van der Waals surface area contributed by atoms with Crippen LogP contribution in [0.1, 0.15) is 25.0 Å². The number of aromatic hydroxyl groups is 2. The molecule has 0 heterocycles. The molecule has 0 fully saturated rings. The lowest BCUT2D eigenvalue weighted by Crippen LogP contribution is -2.18. The summed E-state index contributed by atoms with van der Waals surface area (Å²) in [6, 6.07) is 14.4. The molecule has 2 aromatic rings. The fourth-order valence-electron chi connectivity index (χ4n) is 1.92. The minimum Gasteiger partial charge on any atom is -0.508 e. The standard InChI is InChI=1S/C15H16O2/c1-15(2,11-3-7-13(16)8-4-11)12-5-9-14(17)10-6-12/h3-10,16-17H,1-2H3/i1+1,2+1. The average molecular weight is 230 g/mol. The highest BCUT2D eigenvalue weighted by Gasteiger charge is 2.22. The molecule has 2 N–H and O–H groups in total. The summed E-state index contributed by atoms with van der Waals surface area (Å²) in [5.74, 6) is 0.547. The molecule has 0 aliphatic rings. The fourth-order valence-corrected chi connectivity index (χ4v) is 1.92. The van der Waals surface area contributed by atoms with Gasteiger partial charge in [0, 0.05) is 5.41 Å². The van der Waals surface area contributed by atoms with Crippen LogP contribution in [0.4, 0.5) is 0 Å². The molecular weight excluding hydrogens is 214 g/mol. The van der Waals surface area contributed by atoms with Crippen LogP contribution in [-0.2, 0) is 5.41 Å². The Kier molecular flexibility index (Phi) is 2.80. The summed E-state index contributed by atoms with van der Waals surface area (Å²) >= 11 is 0. The van der Waals surface area contributed by atoms with E-state index in [0.717, 1.165) is 11.1 Å². The molecule has 0 unspecified atom stereocenters. The molecular formula is C15H16O2. The Hall–Kier alpha value is -1.96. The molecule has 2 rings (SSSR count). The Morgan fingerprint density at radius 2 is 0.941 bits per heavy atom. The van der Waals surface area contributed by atoms with Gasteiger partial charge in [0.05, 0.1) is 0 Å². The van der Waals surface area contributed by atoms with Crippen LogP contribution in [0.3, 0.4) is 0 Å². The average Bonchev–Trinajstić information content (AvgIpc) is 2.30. The molecule has 0 radical (unpaired) electrons. The van der Waals surface area contributed by atoms with Crippen molar-refractivity contribution < 1.29 is 10.2 Å². The molecule has 2 heteroatoms. The molecule has 0 spiro atoms. The van der Waals surface area contributed by atoms with Crippen molar-refractivity contribution in [2.24, 2.45) is 0 Å². The normalized spacial score (nSPS) is 11.4. The molecule has 0 aromatic heterocycles. The Labute approximate surface area is 101 Å². The topological polar surface area (TPSA) is 40.5 Å². The first-order chi connectivity index (χ1) is 8.00. The third-order valence-electron chi connectivity index (χ3n) is 3.18. The smallest absolute Gasteiger partial charge is 0.115 e. The quantitative estimate of drug-likeness (QED) is 0.776. The van der Waals surface area contributed by atoms with Gasteiger partial charge in [0.25, 0.3) is 0 Å². The van der Waals surface area contributed by atoms with Gasteiger partial charge >= 0.3 is 0 Å². The van der Waals surface area contributed by atoms with E-state index in [4.69, 9.17) is 0 Å². The van der Waals surface area contributed by atoms with Crippen LogP contribution < -0.4 is 0 Å². The van der Waals surface area contributed by atoms with Crippen LogP contribution in [0.2, 0.25) is 0 Å². The fraction of sp³-hybridized carbons (Fsp3) is 0.200. The molecule has 0 saturated heterocycles. The van der Waals surface area contributed by atoms with Gasteiger partial charge in [-0.25, -0.2) is 0 Å². The van der Waals surface area contributed by atoms with Gasteiger partial charge in [-0.3, -0.25) is 0 Å². The summed E-state index contributed by atoms with van der Waals surface area (Å²) in [7, 11) is 0. The van der Waals surface area contributed by atoms with Crippen molar-refractivity contribution >= 4 is 0 Å². The molecule has 88 valence electrons. The maximum absolute atomic E-state index is 9.30. The molecule has 17 heavy (non-hydrogen) atoms. The summed E-state index contributed by atoms with van der Waals surface area (Å²) in [6.45, 7) is 4.23. The first-order valence-electron chi connectivity index (χ1n) is 5.59. The molecule has 0 bridgehead atoms. The van der Waals surface area contributed by atoms with Gasteiger partial charge < -0.3 is 10.2 Å². The van der Waals surface area contributed by atoms with Crippen LogP contribution in [0.25, 0.3) is 0 Å². The number of phenols is 2. The zero-order chi connectivity index (χ0) is 12.5. The monoisotopic (exact) mass is 230 g/mol. The van der Waals surface area contributed by atoms with E-state index in [1.54, 1.807) is 24.3 Å². The summed E-state index contributed by atoms with van der Waals surface area (Å²) in [5, 5.41) is 18.6. The predicted octanol–water partition coefficient (Wildman–Crippen LogP) is 3.42. The van der Waals surface area contributed by atoms with E-state index in [1.165, 1.54) is 0 Å². The first kappa shape index (κ1) is 11.5. The highest BCUT2D eigenvalue weighted by Crippen LogP contribution is 2.32. The molecule has 2 nitrogen and oxygen atoms in total. The SMILES string of the molecule is [13CH3]C([13CH3])(c1ccc(O)cc1)c1ccc(O)cc1. The van der Waals surface area contributed by atoms with E-state index >= 15 is 0 Å². The molecule has 0 saturated carbocycles. The van der Waals surface area contributed by atoms with Crippen molar-refractivity contribution in [2.45, 2.75) is 19.3 Å². The number of hydrogen-bond acceptors (Lipinski definition) is 2. The van der Waals surface area contributed by atoms with Gasteiger partial charge in [0.15, 0.2) is 0 Å². The Balaban J connectivity index is 2.41. The minimum absolute atomic E-state index is 0.151. The zero-order valence-electron chi connectivity index (χ0n) is 10.0. The van der Waals surface area contributed by atoms with Gasteiger partial charge in [-0.15, -0.1) is 0 Å². The van der Waals surface area contributed by atoms with E-state index < -0.39 is 0 Å². The maximum Gasteiger partial charge on any atom is 0.115 e. The molecule has 0 amide bonds. The van der Waals surface area contributed by atoms with Crippen molar-refractivity contribution in [2.75, 3.05) is 0 Å². The largest absolute Gasteiger partial charge is 0.508 e. The van der Waals surface area contributed by atoms with Crippen molar-refractivity contribution in [3.05, 3.63) is 59.7 Å². The lowest BCUT2D eigenvalue weighted by atomic mass is 9.88. The van der Waals surface area contributed by atoms with E-state index in [-0.39, 0.29) is 16.9 Å². The zero-order valence-corrected chi connectivity index (χ0v) is 10.0.